The summed E-state index contributed by atoms with van der Waals surface area (Å²) in [7, 11) is -2.71. The van der Waals surface area contributed by atoms with Crippen LogP contribution in [0.3, 0.4) is 0 Å². The number of carbonyl (C=O) groups excluding carboxylic acids is 1. The first kappa shape index (κ1) is 24.7. The number of hydrogen-bond donors (Lipinski definition) is 3. The van der Waals surface area contributed by atoms with Gasteiger partial charge in [-0.15, -0.1) is 0 Å². The molecule has 34 heavy (non-hydrogen) atoms. The highest BCUT2D eigenvalue weighted by molar-refractivity contribution is 7.84. The van der Waals surface area contributed by atoms with Crippen LogP contribution in [0.25, 0.3) is 0 Å². The molecule has 0 bridgehead atoms. The predicted octanol–water partition coefficient (Wildman–Crippen LogP) is 0.646. The van der Waals surface area contributed by atoms with E-state index in [9.17, 15) is 18.3 Å². The number of hydrogen-bond acceptors (Lipinski definition) is 10. The molecule has 1 aliphatic heterocycles. The van der Waals surface area contributed by atoms with Gasteiger partial charge in [0.1, 0.15) is 23.9 Å². The van der Waals surface area contributed by atoms with Crippen molar-refractivity contribution in [3.05, 3.63) is 36.0 Å². The van der Waals surface area contributed by atoms with E-state index in [1.165, 1.54) is 19.6 Å². The predicted molar refractivity (Wildman–Crippen MR) is 121 cm³/mol. The van der Waals surface area contributed by atoms with Gasteiger partial charge in [0.25, 0.3) is 0 Å². The number of aliphatic hydroxyl groups excluding tert-OH is 1. The number of rotatable bonds is 9. The molecule has 0 unspecified atom stereocenters. The van der Waals surface area contributed by atoms with Crippen LogP contribution in [-0.2, 0) is 25.8 Å². The van der Waals surface area contributed by atoms with Crippen LogP contribution < -0.4 is 10.0 Å². The van der Waals surface area contributed by atoms with E-state index in [1.54, 1.807) is 16.9 Å². The molecule has 186 valence electrons. The van der Waals surface area contributed by atoms with Gasteiger partial charge in [0.2, 0.25) is 5.78 Å². The normalized spacial score (nSPS) is 26.6. The van der Waals surface area contributed by atoms with Crippen LogP contribution in [0.2, 0.25) is 0 Å². The molecule has 0 amide bonds. The number of ether oxygens (including phenoxy) is 1. The summed E-state index contributed by atoms with van der Waals surface area (Å²) in [6, 6.07) is 1.29. The minimum absolute atomic E-state index is 0.0471. The molecule has 4 rings (SSSR count). The number of nitrogens with zero attached hydrogens (tertiary/aromatic N) is 4. The molecular formula is C21H30N6O6S. The first-order chi connectivity index (χ1) is 16.0. The van der Waals surface area contributed by atoms with Crippen molar-refractivity contribution in [2.24, 2.45) is 0 Å². The summed E-state index contributed by atoms with van der Waals surface area (Å²) < 4.78 is 38.1. The molecule has 3 heterocycles. The molecule has 12 nitrogen and oxygen atoms in total. The Hall–Kier alpha value is -2.45. The molecule has 13 heteroatoms. The zero-order chi connectivity index (χ0) is 24.5. The van der Waals surface area contributed by atoms with Crippen molar-refractivity contribution in [1.82, 2.24) is 24.5 Å². The highest BCUT2D eigenvalue weighted by Crippen LogP contribution is 2.30. The van der Waals surface area contributed by atoms with E-state index in [4.69, 9.17) is 8.92 Å². The van der Waals surface area contributed by atoms with E-state index >= 15 is 0 Å². The van der Waals surface area contributed by atoms with Gasteiger partial charge in [-0.05, 0) is 45.6 Å². The van der Waals surface area contributed by atoms with Gasteiger partial charge in [-0.2, -0.15) is 18.2 Å². The van der Waals surface area contributed by atoms with Gasteiger partial charge in [-0.25, -0.2) is 9.97 Å². The lowest BCUT2D eigenvalue weighted by Crippen LogP contribution is -2.31. The molecule has 2 aromatic rings. The molecule has 1 aliphatic carbocycles. The van der Waals surface area contributed by atoms with Crippen LogP contribution in [0.4, 0.5) is 5.82 Å². The van der Waals surface area contributed by atoms with Gasteiger partial charge < -0.3 is 15.2 Å². The van der Waals surface area contributed by atoms with Crippen molar-refractivity contribution in [3.8, 4) is 0 Å². The van der Waals surface area contributed by atoms with E-state index in [0.29, 0.717) is 6.54 Å². The van der Waals surface area contributed by atoms with Gasteiger partial charge in [0, 0.05) is 25.5 Å². The number of nitrogens with one attached hydrogen (secondary N) is 2. The molecular weight excluding hydrogens is 464 g/mol. The molecule has 2 aromatic heterocycles. The zero-order valence-electron chi connectivity index (χ0n) is 19.3. The fourth-order valence-electron chi connectivity index (χ4n) is 4.35. The molecule has 4 atom stereocenters. The third-order valence-electron chi connectivity index (χ3n) is 6.09. The smallest absolute Gasteiger partial charge is 0.335 e. The summed E-state index contributed by atoms with van der Waals surface area (Å²) in [6.07, 6.45) is 4.97. The molecule has 3 N–H and O–H groups in total. The molecule has 0 aromatic carbocycles. The average molecular weight is 495 g/mol. The van der Waals surface area contributed by atoms with Crippen LogP contribution in [0.15, 0.2) is 24.8 Å². The quantitative estimate of drug-likeness (QED) is 0.423. The first-order valence-electron chi connectivity index (χ1n) is 11.2. The third kappa shape index (κ3) is 5.78. The van der Waals surface area contributed by atoms with Crippen molar-refractivity contribution in [3.63, 3.8) is 0 Å². The number of anilines is 1. The van der Waals surface area contributed by atoms with Gasteiger partial charge >= 0.3 is 10.3 Å². The Balaban J connectivity index is 1.43. The van der Waals surface area contributed by atoms with Gasteiger partial charge in [0.15, 0.2) is 0 Å². The fourth-order valence-corrected chi connectivity index (χ4v) is 4.98. The Morgan fingerprint density at radius 2 is 2.18 bits per heavy atom. The highest BCUT2D eigenvalue weighted by Gasteiger charge is 2.37. The summed E-state index contributed by atoms with van der Waals surface area (Å²) in [5, 5.41) is 17.8. The summed E-state index contributed by atoms with van der Waals surface area (Å²) in [5.41, 5.74) is 0.337. The standard InChI is InChI=1S/C21H30N6O6S/c1-21(2)6-4-14(32-21)11-27-7-5-16(26-27)19(29)15-10-23-12-24-20(15)25-13-8-17(28)18(9-13)33-34(30,31)22-3/h5,7,10,12-14,17-18,22,28H,4,6,8-9,11H2,1-3H3,(H,23,24,25)/t13-,14-,17+,18-/m1/s1. The number of aliphatic hydroxyl groups is 1. The molecule has 0 spiro atoms. The molecule has 0 radical (unpaired) electrons. The topological polar surface area (TPSA) is 158 Å². The zero-order valence-corrected chi connectivity index (χ0v) is 20.2. The molecule has 2 fully saturated rings. The van der Waals surface area contributed by atoms with E-state index in [1.807, 2.05) is 0 Å². The minimum Gasteiger partial charge on any atom is -0.390 e. The SMILES string of the molecule is CNS(=O)(=O)O[C@@H]1C[C@H](Nc2ncncc2C(=O)c2ccn(C[C@H]3CCC(C)(C)O3)n2)C[C@@H]1O. The Morgan fingerprint density at radius 1 is 1.38 bits per heavy atom. The second-order valence-electron chi connectivity index (χ2n) is 9.25. The Labute approximate surface area is 198 Å². The van der Waals surface area contributed by atoms with E-state index in [-0.39, 0.29) is 53.4 Å². The summed E-state index contributed by atoms with van der Waals surface area (Å²) in [6.45, 7) is 4.68. The Kier molecular flexibility index (Phi) is 7.01. The van der Waals surface area contributed by atoms with Crippen molar-refractivity contribution < 1.29 is 27.2 Å². The summed E-state index contributed by atoms with van der Waals surface area (Å²) in [4.78, 5) is 21.3. The number of carbonyl (C=O) groups is 1. The second-order valence-corrected chi connectivity index (χ2v) is 10.8. The number of ketones is 1. The monoisotopic (exact) mass is 494 g/mol. The van der Waals surface area contributed by atoms with Crippen LogP contribution in [-0.4, -0.2) is 76.1 Å². The largest absolute Gasteiger partial charge is 0.390 e. The molecule has 1 saturated carbocycles. The van der Waals surface area contributed by atoms with Gasteiger partial charge in [-0.1, -0.05) is 0 Å². The van der Waals surface area contributed by atoms with Crippen molar-refractivity contribution >= 4 is 21.9 Å². The van der Waals surface area contributed by atoms with Gasteiger partial charge in [-0.3, -0.25) is 13.7 Å². The lowest BCUT2D eigenvalue weighted by atomic mass is 10.1. The van der Waals surface area contributed by atoms with Crippen LogP contribution in [0.1, 0.15) is 55.6 Å². The maximum atomic E-state index is 13.2. The fraction of sp³-hybridized carbons (Fsp3) is 0.619. The van der Waals surface area contributed by atoms with E-state index in [0.717, 1.165) is 12.8 Å². The average Bonchev–Trinajstić information content (AvgIpc) is 3.47. The Morgan fingerprint density at radius 3 is 2.88 bits per heavy atom. The van der Waals surface area contributed by atoms with Crippen molar-refractivity contribution in [2.45, 2.75) is 76.0 Å². The van der Waals surface area contributed by atoms with E-state index in [2.05, 4.69) is 39.0 Å². The van der Waals surface area contributed by atoms with Crippen LogP contribution in [0, 0.1) is 0 Å². The maximum Gasteiger partial charge on any atom is 0.335 e. The van der Waals surface area contributed by atoms with Crippen molar-refractivity contribution in [2.75, 3.05) is 12.4 Å². The summed E-state index contributed by atoms with van der Waals surface area (Å²) in [5.74, 6) is -0.0663. The molecule has 1 saturated heterocycles. The lowest BCUT2D eigenvalue weighted by Gasteiger charge is -2.19. The maximum absolute atomic E-state index is 13.2. The van der Waals surface area contributed by atoms with Crippen molar-refractivity contribution in [1.29, 1.82) is 0 Å². The van der Waals surface area contributed by atoms with Crippen LogP contribution >= 0.6 is 0 Å². The van der Waals surface area contributed by atoms with Gasteiger partial charge in [0.05, 0.1) is 29.9 Å². The Bertz CT molecular complexity index is 1140. The van der Waals surface area contributed by atoms with Crippen LogP contribution in [0.5, 0.6) is 0 Å². The van der Waals surface area contributed by atoms with E-state index < -0.39 is 22.5 Å². The lowest BCUT2D eigenvalue weighted by molar-refractivity contribution is -0.0230. The second kappa shape index (κ2) is 9.66. The summed E-state index contributed by atoms with van der Waals surface area (Å²) >= 11 is 0. The first-order valence-corrected chi connectivity index (χ1v) is 12.6. The number of aromatic nitrogens is 4. The third-order valence-corrected chi connectivity index (χ3v) is 7.09. The minimum atomic E-state index is -3.94. The molecule has 2 aliphatic rings. The highest BCUT2D eigenvalue weighted by atomic mass is 32.2.